The number of hydrogen-bond acceptors (Lipinski definition) is 5. The third kappa shape index (κ3) is 3.64. The van der Waals surface area contributed by atoms with Crippen molar-refractivity contribution in [3.8, 4) is 6.07 Å². The molecule has 0 aromatic heterocycles. The fourth-order valence-electron chi connectivity index (χ4n) is 3.64. The molecule has 2 N–H and O–H groups in total. The van der Waals surface area contributed by atoms with Crippen LogP contribution in [0.3, 0.4) is 0 Å². The standard InChI is InChI=1S/C21H18F4N4O2S/c1-19(2)18(31)28-21(32,12-5-4-11(10-26)15(8-12)20(23,24)25)29(19)13-6-7-14(16(22)9-13)17(30)27-3/h4-9,32H,1-3H3,(H,27,30)(H,28,31). The molecule has 6 nitrogen and oxygen atoms in total. The molecule has 11 heteroatoms. The zero-order valence-electron chi connectivity index (χ0n) is 17.1. The van der Waals surface area contributed by atoms with Crippen molar-refractivity contribution in [3.63, 3.8) is 0 Å². The number of benzene rings is 2. The predicted molar refractivity (Wildman–Crippen MR) is 111 cm³/mol. The third-order valence-corrected chi connectivity index (χ3v) is 5.83. The fraction of sp³-hybridized carbons (Fsp3) is 0.286. The predicted octanol–water partition coefficient (Wildman–Crippen LogP) is 3.53. The van der Waals surface area contributed by atoms with Gasteiger partial charge in [-0.2, -0.15) is 18.4 Å². The lowest BCUT2D eigenvalue weighted by atomic mass is 9.99. The van der Waals surface area contributed by atoms with Gasteiger partial charge in [-0.05, 0) is 44.2 Å². The first-order valence-electron chi connectivity index (χ1n) is 9.26. The Morgan fingerprint density at radius 2 is 1.88 bits per heavy atom. The van der Waals surface area contributed by atoms with Crippen LogP contribution in [0.2, 0.25) is 0 Å². The minimum atomic E-state index is -4.82. The zero-order valence-corrected chi connectivity index (χ0v) is 18.0. The molecule has 0 radical (unpaired) electrons. The van der Waals surface area contributed by atoms with Gasteiger partial charge in [0.1, 0.15) is 11.4 Å². The molecule has 3 rings (SSSR count). The Balaban J connectivity index is 2.22. The summed E-state index contributed by atoms with van der Waals surface area (Å²) in [4.78, 5) is 24.1. The lowest BCUT2D eigenvalue weighted by Gasteiger charge is -2.41. The maximum Gasteiger partial charge on any atom is 0.417 e. The Morgan fingerprint density at radius 1 is 1.22 bits per heavy atom. The highest BCUT2D eigenvalue weighted by Gasteiger charge is 2.55. The second kappa shape index (κ2) is 7.70. The van der Waals surface area contributed by atoms with Gasteiger partial charge in [-0.25, -0.2) is 4.39 Å². The number of nitrogens with zero attached hydrogens (tertiary/aromatic N) is 2. The highest BCUT2D eigenvalue weighted by Crippen LogP contribution is 2.46. The molecule has 1 heterocycles. The van der Waals surface area contributed by atoms with Crippen molar-refractivity contribution in [2.24, 2.45) is 0 Å². The van der Waals surface area contributed by atoms with E-state index in [1.165, 1.54) is 50.1 Å². The molecule has 1 aliphatic rings. The number of nitrogens with one attached hydrogen (secondary N) is 2. The Morgan fingerprint density at radius 3 is 2.41 bits per heavy atom. The molecule has 1 unspecified atom stereocenters. The Kier molecular flexibility index (Phi) is 5.63. The second-order valence-electron chi connectivity index (χ2n) is 7.63. The number of anilines is 1. The quantitative estimate of drug-likeness (QED) is 0.477. The molecule has 1 aliphatic heterocycles. The summed E-state index contributed by atoms with van der Waals surface area (Å²) in [5.74, 6) is -2.12. The molecule has 0 spiro atoms. The minimum Gasteiger partial charge on any atom is -0.355 e. The molecule has 0 saturated carbocycles. The van der Waals surface area contributed by atoms with Crippen molar-refractivity contribution in [1.82, 2.24) is 10.6 Å². The van der Waals surface area contributed by atoms with Crippen LogP contribution in [0, 0.1) is 17.1 Å². The van der Waals surface area contributed by atoms with Gasteiger partial charge in [-0.3, -0.25) is 9.59 Å². The first kappa shape index (κ1) is 23.4. The summed E-state index contributed by atoms with van der Waals surface area (Å²) in [6.45, 7) is 3.00. The fourth-order valence-corrected chi connectivity index (χ4v) is 4.25. The number of halogens is 4. The van der Waals surface area contributed by atoms with Crippen LogP contribution in [-0.4, -0.2) is 24.4 Å². The number of hydrogen-bond donors (Lipinski definition) is 3. The summed E-state index contributed by atoms with van der Waals surface area (Å²) in [5, 5.41) is 13.9. The number of nitriles is 1. The van der Waals surface area contributed by atoms with Crippen LogP contribution in [0.4, 0.5) is 23.2 Å². The van der Waals surface area contributed by atoms with Crippen molar-refractivity contribution >= 4 is 30.1 Å². The third-order valence-electron chi connectivity index (χ3n) is 5.26. The van der Waals surface area contributed by atoms with Crippen LogP contribution in [-0.2, 0) is 16.0 Å². The summed E-state index contributed by atoms with van der Waals surface area (Å²) in [6, 6.07) is 8.04. The van der Waals surface area contributed by atoms with E-state index in [4.69, 9.17) is 5.26 Å². The summed E-state index contributed by atoms with van der Waals surface area (Å²) in [5.41, 5.74) is -3.35. The molecule has 0 bridgehead atoms. The summed E-state index contributed by atoms with van der Waals surface area (Å²) in [7, 11) is 1.34. The average Bonchev–Trinajstić information content (AvgIpc) is 2.90. The molecular weight excluding hydrogens is 448 g/mol. The molecular formula is C21H18F4N4O2S. The van der Waals surface area contributed by atoms with Gasteiger partial charge >= 0.3 is 6.18 Å². The maximum absolute atomic E-state index is 14.7. The molecule has 2 aromatic carbocycles. The van der Waals surface area contributed by atoms with Crippen molar-refractivity contribution < 1.29 is 27.2 Å². The van der Waals surface area contributed by atoms with Crippen LogP contribution in [0.25, 0.3) is 0 Å². The minimum absolute atomic E-state index is 0.0816. The number of alkyl halides is 3. The van der Waals surface area contributed by atoms with Crippen molar-refractivity contribution in [2.75, 3.05) is 11.9 Å². The maximum atomic E-state index is 14.7. The van der Waals surface area contributed by atoms with Crippen LogP contribution in [0.1, 0.15) is 40.9 Å². The van der Waals surface area contributed by atoms with Gasteiger partial charge in [-0.15, -0.1) is 12.6 Å². The number of carbonyl (C=O) groups excluding carboxylic acids is 2. The molecule has 2 amide bonds. The SMILES string of the molecule is CNC(=O)c1ccc(N2C(C)(C)C(=O)NC2(S)c2ccc(C#N)c(C(F)(F)F)c2)cc1F. The van der Waals surface area contributed by atoms with E-state index >= 15 is 0 Å². The Hall–Kier alpha value is -3.26. The molecule has 168 valence electrons. The van der Waals surface area contributed by atoms with Gasteiger partial charge in [0, 0.05) is 18.3 Å². The van der Waals surface area contributed by atoms with Gasteiger partial charge in [-0.1, -0.05) is 6.07 Å². The highest BCUT2D eigenvalue weighted by molar-refractivity contribution is 7.81. The van der Waals surface area contributed by atoms with Gasteiger partial charge in [0.2, 0.25) is 5.91 Å². The van der Waals surface area contributed by atoms with Gasteiger partial charge in [0.25, 0.3) is 5.91 Å². The largest absolute Gasteiger partial charge is 0.417 e. The van der Waals surface area contributed by atoms with Crippen molar-refractivity contribution in [3.05, 3.63) is 64.5 Å². The van der Waals surface area contributed by atoms with E-state index < -0.39 is 45.5 Å². The number of rotatable bonds is 3. The number of carbonyl (C=O) groups is 2. The lowest BCUT2D eigenvalue weighted by molar-refractivity contribution is -0.137. The smallest absolute Gasteiger partial charge is 0.355 e. The summed E-state index contributed by atoms with van der Waals surface area (Å²) < 4.78 is 55.2. The zero-order chi connectivity index (χ0) is 24.1. The number of amides is 2. The van der Waals surface area contributed by atoms with Crippen molar-refractivity contribution in [2.45, 2.75) is 30.6 Å². The Bertz CT molecular complexity index is 1160. The lowest BCUT2D eigenvalue weighted by Crippen LogP contribution is -2.50. The summed E-state index contributed by atoms with van der Waals surface area (Å²) in [6.07, 6.45) is -4.82. The van der Waals surface area contributed by atoms with Crippen molar-refractivity contribution in [1.29, 1.82) is 5.26 Å². The Labute approximate surface area is 186 Å². The van der Waals surface area contributed by atoms with Gasteiger partial charge < -0.3 is 15.5 Å². The highest BCUT2D eigenvalue weighted by atomic mass is 32.1. The normalized spacial score (nSPS) is 20.0. The first-order valence-corrected chi connectivity index (χ1v) is 9.71. The molecule has 1 fully saturated rings. The molecule has 32 heavy (non-hydrogen) atoms. The second-order valence-corrected chi connectivity index (χ2v) is 8.28. The average molecular weight is 466 g/mol. The molecule has 0 aliphatic carbocycles. The monoisotopic (exact) mass is 466 g/mol. The van der Waals surface area contributed by atoms with Crippen LogP contribution in [0.15, 0.2) is 36.4 Å². The van der Waals surface area contributed by atoms with Gasteiger partial charge in [0.05, 0.1) is 22.8 Å². The van der Waals surface area contributed by atoms with E-state index in [0.717, 1.165) is 18.2 Å². The topological polar surface area (TPSA) is 85.2 Å². The summed E-state index contributed by atoms with van der Waals surface area (Å²) >= 11 is 4.52. The van der Waals surface area contributed by atoms with Crippen LogP contribution >= 0.6 is 12.6 Å². The van der Waals surface area contributed by atoms with Gasteiger partial charge in [0.15, 0.2) is 4.99 Å². The van der Waals surface area contributed by atoms with E-state index in [0.29, 0.717) is 0 Å². The van der Waals surface area contributed by atoms with E-state index in [9.17, 15) is 27.2 Å². The van der Waals surface area contributed by atoms with E-state index in [1.807, 2.05) is 0 Å². The van der Waals surface area contributed by atoms with Crippen LogP contribution in [0.5, 0.6) is 0 Å². The first-order chi connectivity index (χ1) is 14.8. The molecule has 2 aromatic rings. The molecule has 1 atom stereocenters. The van der Waals surface area contributed by atoms with E-state index in [1.54, 1.807) is 0 Å². The van der Waals surface area contributed by atoms with E-state index in [2.05, 4.69) is 23.3 Å². The molecule has 1 saturated heterocycles. The van der Waals surface area contributed by atoms with Crippen LogP contribution < -0.4 is 15.5 Å². The number of thiol groups is 1. The van der Waals surface area contributed by atoms with E-state index in [-0.39, 0.29) is 16.8 Å².